The Hall–Kier alpha value is -0.380. The molecule has 2 atom stereocenters. The Morgan fingerprint density at radius 1 is 1.33 bits per heavy atom. The Morgan fingerprint density at radius 3 is 2.67 bits per heavy atom. The molecule has 0 aromatic carbocycles. The highest BCUT2D eigenvalue weighted by atomic mass is 32.1. The van der Waals surface area contributed by atoms with Crippen LogP contribution >= 0.6 is 11.3 Å². The van der Waals surface area contributed by atoms with Gasteiger partial charge in [0.15, 0.2) is 0 Å². The van der Waals surface area contributed by atoms with E-state index in [0.29, 0.717) is 23.9 Å². The van der Waals surface area contributed by atoms with Gasteiger partial charge in [-0.3, -0.25) is 4.90 Å². The molecular weight excluding hydrogens is 240 g/mol. The third-order valence-corrected chi connectivity index (χ3v) is 4.86. The van der Waals surface area contributed by atoms with Crippen LogP contribution in [0.4, 0.5) is 0 Å². The zero-order valence-electron chi connectivity index (χ0n) is 12.0. The molecule has 1 fully saturated rings. The molecular formula is C15H26N2S. The first-order valence-corrected chi connectivity index (χ1v) is 7.99. The van der Waals surface area contributed by atoms with Gasteiger partial charge >= 0.3 is 0 Å². The SMILES string of the molecule is CC(C)C1CNCCN1C(c1cccs1)C(C)C. The number of nitrogens with one attached hydrogen (secondary N) is 1. The second kappa shape index (κ2) is 6.18. The second-order valence-electron chi connectivity index (χ2n) is 5.96. The Balaban J connectivity index is 2.23. The molecule has 2 nitrogen and oxygen atoms in total. The first-order chi connectivity index (χ1) is 8.61. The van der Waals surface area contributed by atoms with Crippen LogP contribution in [0.1, 0.15) is 38.6 Å². The van der Waals surface area contributed by atoms with Gasteiger partial charge in [0.25, 0.3) is 0 Å². The minimum Gasteiger partial charge on any atom is -0.314 e. The normalized spacial score (nSPS) is 23.8. The fraction of sp³-hybridized carbons (Fsp3) is 0.733. The van der Waals surface area contributed by atoms with Crippen LogP contribution in [0.15, 0.2) is 17.5 Å². The standard InChI is InChI=1S/C15H26N2S/c1-11(2)13-10-16-7-8-17(13)15(12(3)4)14-6-5-9-18-14/h5-6,9,11-13,15-16H,7-8,10H2,1-4H3. The topological polar surface area (TPSA) is 15.3 Å². The molecule has 1 N–H and O–H groups in total. The molecule has 0 radical (unpaired) electrons. The van der Waals surface area contributed by atoms with Gasteiger partial charge in [-0.25, -0.2) is 0 Å². The molecule has 1 aromatic heterocycles. The van der Waals surface area contributed by atoms with E-state index in [9.17, 15) is 0 Å². The van der Waals surface area contributed by atoms with Crippen LogP contribution in [0.2, 0.25) is 0 Å². The van der Waals surface area contributed by atoms with Gasteiger partial charge < -0.3 is 5.32 Å². The molecule has 1 aliphatic heterocycles. The molecule has 0 aliphatic carbocycles. The van der Waals surface area contributed by atoms with Crippen LogP contribution in [0.25, 0.3) is 0 Å². The van der Waals surface area contributed by atoms with E-state index in [0.717, 1.165) is 13.1 Å². The van der Waals surface area contributed by atoms with Crippen LogP contribution in [0.5, 0.6) is 0 Å². The van der Waals surface area contributed by atoms with Gasteiger partial charge in [0.1, 0.15) is 0 Å². The number of rotatable bonds is 4. The van der Waals surface area contributed by atoms with Gasteiger partial charge in [-0.05, 0) is 23.3 Å². The molecule has 1 aromatic rings. The molecule has 0 bridgehead atoms. The Morgan fingerprint density at radius 2 is 2.11 bits per heavy atom. The number of thiophene rings is 1. The van der Waals surface area contributed by atoms with Crippen molar-refractivity contribution >= 4 is 11.3 Å². The molecule has 1 aliphatic rings. The first kappa shape index (κ1) is 14.0. The predicted molar refractivity (Wildman–Crippen MR) is 80.1 cm³/mol. The highest BCUT2D eigenvalue weighted by Gasteiger charge is 2.33. The van der Waals surface area contributed by atoms with Crippen molar-refractivity contribution < 1.29 is 0 Å². The monoisotopic (exact) mass is 266 g/mol. The van der Waals surface area contributed by atoms with Crippen molar-refractivity contribution in [3.05, 3.63) is 22.4 Å². The molecule has 3 heteroatoms. The van der Waals surface area contributed by atoms with Crippen LogP contribution in [-0.2, 0) is 0 Å². The van der Waals surface area contributed by atoms with Crippen molar-refractivity contribution in [3.63, 3.8) is 0 Å². The van der Waals surface area contributed by atoms with E-state index in [4.69, 9.17) is 0 Å². The lowest BCUT2D eigenvalue weighted by molar-refractivity contribution is 0.0555. The van der Waals surface area contributed by atoms with Crippen LogP contribution in [-0.4, -0.2) is 30.6 Å². The maximum Gasteiger partial charge on any atom is 0.0468 e. The summed E-state index contributed by atoms with van der Waals surface area (Å²) in [6.45, 7) is 12.8. The third kappa shape index (κ3) is 2.95. The van der Waals surface area contributed by atoms with Gasteiger partial charge in [-0.15, -0.1) is 11.3 Å². The minimum absolute atomic E-state index is 0.583. The molecule has 0 saturated carbocycles. The van der Waals surface area contributed by atoms with Gasteiger partial charge in [-0.1, -0.05) is 33.8 Å². The summed E-state index contributed by atoms with van der Waals surface area (Å²) in [5, 5.41) is 5.75. The quantitative estimate of drug-likeness (QED) is 0.899. The number of hydrogen-bond acceptors (Lipinski definition) is 3. The lowest BCUT2D eigenvalue weighted by atomic mass is 9.93. The fourth-order valence-electron chi connectivity index (χ4n) is 3.04. The van der Waals surface area contributed by atoms with Crippen LogP contribution < -0.4 is 5.32 Å². The summed E-state index contributed by atoms with van der Waals surface area (Å²) in [6, 6.07) is 5.73. The fourth-order valence-corrected chi connectivity index (χ4v) is 4.06. The summed E-state index contributed by atoms with van der Waals surface area (Å²) in [6.07, 6.45) is 0. The van der Waals surface area contributed by atoms with Crippen molar-refractivity contribution in [1.29, 1.82) is 0 Å². The Labute approximate surface area is 115 Å². The predicted octanol–water partition coefficient (Wildman–Crippen LogP) is 3.38. The van der Waals surface area contributed by atoms with E-state index in [1.807, 2.05) is 11.3 Å². The number of hydrogen-bond donors (Lipinski definition) is 1. The first-order valence-electron chi connectivity index (χ1n) is 7.11. The second-order valence-corrected chi connectivity index (χ2v) is 6.94. The summed E-state index contributed by atoms with van der Waals surface area (Å²) >= 11 is 1.90. The highest BCUT2D eigenvalue weighted by Crippen LogP contribution is 2.34. The summed E-state index contributed by atoms with van der Waals surface area (Å²) in [4.78, 5) is 4.26. The highest BCUT2D eigenvalue weighted by molar-refractivity contribution is 7.10. The van der Waals surface area contributed by atoms with Crippen molar-refractivity contribution in [2.75, 3.05) is 19.6 Å². The molecule has 1 saturated heterocycles. The maximum absolute atomic E-state index is 3.55. The number of nitrogens with zero attached hydrogens (tertiary/aromatic N) is 1. The average Bonchev–Trinajstić information content (AvgIpc) is 2.83. The van der Waals surface area contributed by atoms with Crippen molar-refractivity contribution in [1.82, 2.24) is 10.2 Å². The number of piperazine rings is 1. The third-order valence-electron chi connectivity index (χ3n) is 3.92. The Kier molecular flexibility index (Phi) is 4.82. The van der Waals surface area contributed by atoms with Gasteiger partial charge in [0, 0.05) is 36.6 Å². The van der Waals surface area contributed by atoms with E-state index < -0.39 is 0 Å². The van der Waals surface area contributed by atoms with E-state index in [1.165, 1.54) is 11.4 Å². The molecule has 18 heavy (non-hydrogen) atoms. The molecule has 102 valence electrons. The lowest BCUT2D eigenvalue weighted by Crippen LogP contribution is -2.55. The molecule has 0 amide bonds. The van der Waals surface area contributed by atoms with E-state index in [-0.39, 0.29) is 0 Å². The summed E-state index contributed by atoms with van der Waals surface area (Å²) in [7, 11) is 0. The lowest BCUT2D eigenvalue weighted by Gasteiger charge is -2.44. The van der Waals surface area contributed by atoms with Gasteiger partial charge in [0.2, 0.25) is 0 Å². The largest absolute Gasteiger partial charge is 0.314 e. The summed E-state index contributed by atoms with van der Waals surface area (Å²) < 4.78 is 0. The zero-order valence-corrected chi connectivity index (χ0v) is 12.8. The van der Waals surface area contributed by atoms with Gasteiger partial charge in [-0.2, -0.15) is 0 Å². The van der Waals surface area contributed by atoms with E-state index in [1.54, 1.807) is 0 Å². The van der Waals surface area contributed by atoms with Crippen molar-refractivity contribution in [2.45, 2.75) is 39.8 Å². The maximum atomic E-state index is 3.55. The van der Waals surface area contributed by atoms with Crippen LogP contribution in [0, 0.1) is 11.8 Å². The minimum atomic E-state index is 0.583. The van der Waals surface area contributed by atoms with Crippen molar-refractivity contribution in [2.24, 2.45) is 11.8 Å². The molecule has 0 spiro atoms. The smallest absolute Gasteiger partial charge is 0.0468 e. The summed E-state index contributed by atoms with van der Waals surface area (Å²) in [5.41, 5.74) is 0. The van der Waals surface area contributed by atoms with Crippen LogP contribution in [0.3, 0.4) is 0 Å². The average molecular weight is 266 g/mol. The van der Waals surface area contributed by atoms with E-state index >= 15 is 0 Å². The Bertz CT molecular complexity index is 345. The summed E-state index contributed by atoms with van der Waals surface area (Å²) in [5.74, 6) is 1.38. The van der Waals surface area contributed by atoms with Gasteiger partial charge in [0.05, 0.1) is 0 Å². The van der Waals surface area contributed by atoms with Crippen molar-refractivity contribution in [3.8, 4) is 0 Å². The zero-order chi connectivity index (χ0) is 13.1. The van der Waals surface area contributed by atoms with E-state index in [2.05, 4.69) is 55.4 Å². The molecule has 2 unspecified atom stereocenters. The molecule has 2 heterocycles. The molecule has 2 rings (SSSR count).